The largest absolute Gasteiger partial charge is 0.492 e. The summed E-state index contributed by atoms with van der Waals surface area (Å²) in [6.45, 7) is 4.10. The van der Waals surface area contributed by atoms with E-state index in [0.717, 1.165) is 25.0 Å². The highest BCUT2D eigenvalue weighted by molar-refractivity contribution is 5.20. The van der Waals surface area contributed by atoms with Gasteiger partial charge in [0.2, 0.25) is 0 Å². The van der Waals surface area contributed by atoms with Gasteiger partial charge in [0.1, 0.15) is 5.60 Å². The smallest absolute Gasteiger partial charge is 0.106 e. The summed E-state index contributed by atoms with van der Waals surface area (Å²) in [5.41, 5.74) is 1.00. The second-order valence-corrected chi connectivity index (χ2v) is 4.74. The van der Waals surface area contributed by atoms with Crippen molar-refractivity contribution in [3.63, 3.8) is 0 Å². The van der Waals surface area contributed by atoms with Crippen LogP contribution in [0.1, 0.15) is 46.0 Å². The summed E-state index contributed by atoms with van der Waals surface area (Å²) in [6.07, 6.45) is 4.97. The topological polar surface area (TPSA) is 29.5 Å². The van der Waals surface area contributed by atoms with Gasteiger partial charge in [0.25, 0.3) is 0 Å². The minimum Gasteiger partial charge on any atom is -0.492 e. The number of hydrogen-bond acceptors (Lipinski definition) is 2. The van der Waals surface area contributed by atoms with Crippen LogP contribution in [-0.2, 0) is 4.74 Å². The van der Waals surface area contributed by atoms with Gasteiger partial charge in [0.05, 0.1) is 11.9 Å². The summed E-state index contributed by atoms with van der Waals surface area (Å²) in [5, 5.41) is 9.90. The van der Waals surface area contributed by atoms with Crippen LogP contribution in [0.2, 0.25) is 0 Å². The third-order valence-corrected chi connectivity index (χ3v) is 2.94. The average Bonchev–Trinajstić information content (AvgIpc) is 2.02. The lowest BCUT2D eigenvalue weighted by Gasteiger charge is -2.39. The fourth-order valence-corrected chi connectivity index (χ4v) is 2.33. The Bertz CT molecular complexity index is 240. The van der Waals surface area contributed by atoms with E-state index in [0.29, 0.717) is 0 Å². The highest BCUT2D eigenvalue weighted by Crippen LogP contribution is 2.38. The maximum absolute atomic E-state index is 9.90. The first-order chi connectivity index (χ1) is 6.08. The maximum atomic E-state index is 9.90. The van der Waals surface area contributed by atoms with E-state index in [-0.39, 0.29) is 11.7 Å². The lowest BCUT2D eigenvalue weighted by molar-refractivity contribution is -0.0353. The third-order valence-electron chi connectivity index (χ3n) is 2.94. The molecule has 0 spiro atoms. The molecule has 1 heterocycles. The molecule has 0 saturated heterocycles. The monoisotopic (exact) mass is 182 g/mol. The molecule has 0 saturated carbocycles. The maximum Gasteiger partial charge on any atom is 0.106 e. The van der Waals surface area contributed by atoms with Crippen LogP contribution in [0.5, 0.6) is 0 Å². The van der Waals surface area contributed by atoms with Crippen LogP contribution in [0.15, 0.2) is 11.3 Å². The van der Waals surface area contributed by atoms with E-state index in [1.54, 1.807) is 0 Å². The molecule has 1 aliphatic carbocycles. The Morgan fingerprint density at radius 3 is 2.77 bits per heavy atom. The standard InChI is InChI=1S/C11H18O2/c1-11(2)7-9(12)8-5-3-4-6-10(8)13-11/h9,12H,3-7H2,1-2H3. The van der Waals surface area contributed by atoms with Crippen LogP contribution >= 0.6 is 0 Å². The average molecular weight is 182 g/mol. The molecule has 74 valence electrons. The van der Waals surface area contributed by atoms with E-state index in [4.69, 9.17) is 4.74 Å². The number of aliphatic hydroxyl groups is 1. The number of ether oxygens (including phenoxy) is 1. The van der Waals surface area contributed by atoms with Gasteiger partial charge in [0, 0.05) is 12.8 Å². The minimum atomic E-state index is -0.251. The molecule has 0 aromatic heterocycles. The highest BCUT2D eigenvalue weighted by atomic mass is 16.5. The van der Waals surface area contributed by atoms with Crippen molar-refractivity contribution in [1.29, 1.82) is 0 Å². The van der Waals surface area contributed by atoms with E-state index in [9.17, 15) is 5.11 Å². The van der Waals surface area contributed by atoms with E-state index in [1.807, 2.05) is 0 Å². The molecule has 0 aromatic carbocycles. The van der Waals surface area contributed by atoms with E-state index < -0.39 is 0 Å². The molecule has 0 fully saturated rings. The Kier molecular flexibility index (Phi) is 2.11. The normalized spacial score (nSPS) is 32.4. The van der Waals surface area contributed by atoms with Crippen LogP contribution in [0, 0.1) is 0 Å². The summed E-state index contributed by atoms with van der Waals surface area (Å²) in [6, 6.07) is 0. The number of rotatable bonds is 0. The van der Waals surface area contributed by atoms with Crippen molar-refractivity contribution in [3.8, 4) is 0 Å². The van der Waals surface area contributed by atoms with Gasteiger partial charge in [-0.2, -0.15) is 0 Å². The highest BCUT2D eigenvalue weighted by Gasteiger charge is 2.35. The van der Waals surface area contributed by atoms with Gasteiger partial charge in [0.15, 0.2) is 0 Å². The predicted molar refractivity (Wildman–Crippen MR) is 51.3 cm³/mol. The Hall–Kier alpha value is -0.500. The molecular formula is C11H18O2. The summed E-state index contributed by atoms with van der Waals surface area (Å²) >= 11 is 0. The quantitative estimate of drug-likeness (QED) is 0.623. The van der Waals surface area contributed by atoms with Gasteiger partial charge in [-0.3, -0.25) is 0 Å². The SMILES string of the molecule is CC1(C)CC(O)C2=C(CCCC2)O1. The van der Waals surface area contributed by atoms with Crippen molar-refractivity contribution >= 4 is 0 Å². The molecule has 2 rings (SSSR count). The van der Waals surface area contributed by atoms with Crippen molar-refractivity contribution in [3.05, 3.63) is 11.3 Å². The second kappa shape index (κ2) is 3.02. The van der Waals surface area contributed by atoms with Gasteiger partial charge < -0.3 is 9.84 Å². The van der Waals surface area contributed by atoms with Crippen molar-refractivity contribution in [1.82, 2.24) is 0 Å². The zero-order valence-electron chi connectivity index (χ0n) is 8.47. The van der Waals surface area contributed by atoms with Gasteiger partial charge in [-0.1, -0.05) is 0 Å². The van der Waals surface area contributed by atoms with Crippen LogP contribution < -0.4 is 0 Å². The summed E-state index contributed by atoms with van der Waals surface area (Å²) < 4.78 is 5.87. The van der Waals surface area contributed by atoms with Crippen molar-refractivity contribution < 1.29 is 9.84 Å². The van der Waals surface area contributed by atoms with Gasteiger partial charge in [-0.05, 0) is 38.7 Å². The lowest BCUT2D eigenvalue weighted by Crippen LogP contribution is -2.37. The molecule has 0 bridgehead atoms. The molecule has 1 atom stereocenters. The van der Waals surface area contributed by atoms with Crippen LogP contribution in [0.4, 0.5) is 0 Å². The van der Waals surface area contributed by atoms with E-state index >= 15 is 0 Å². The minimum absolute atomic E-state index is 0.171. The number of aliphatic hydroxyl groups excluding tert-OH is 1. The Labute approximate surface area is 79.6 Å². The molecule has 2 heteroatoms. The molecule has 13 heavy (non-hydrogen) atoms. The molecular weight excluding hydrogens is 164 g/mol. The molecule has 0 amide bonds. The predicted octanol–water partition coefficient (Wildman–Crippen LogP) is 2.37. The Balaban J connectivity index is 2.25. The van der Waals surface area contributed by atoms with Crippen molar-refractivity contribution in [2.75, 3.05) is 0 Å². The number of hydrogen-bond donors (Lipinski definition) is 1. The molecule has 2 aliphatic rings. The zero-order chi connectivity index (χ0) is 9.47. The van der Waals surface area contributed by atoms with Crippen LogP contribution in [0.25, 0.3) is 0 Å². The Morgan fingerprint density at radius 2 is 2.00 bits per heavy atom. The van der Waals surface area contributed by atoms with Crippen molar-refractivity contribution in [2.45, 2.75) is 57.7 Å². The molecule has 1 N–H and O–H groups in total. The third kappa shape index (κ3) is 1.73. The van der Waals surface area contributed by atoms with E-state index in [1.165, 1.54) is 18.4 Å². The van der Waals surface area contributed by atoms with Gasteiger partial charge in [-0.25, -0.2) is 0 Å². The second-order valence-electron chi connectivity index (χ2n) is 4.74. The summed E-state index contributed by atoms with van der Waals surface area (Å²) in [4.78, 5) is 0. The first-order valence-corrected chi connectivity index (χ1v) is 5.17. The first kappa shape index (κ1) is 9.07. The fourth-order valence-electron chi connectivity index (χ4n) is 2.33. The van der Waals surface area contributed by atoms with E-state index in [2.05, 4.69) is 13.8 Å². The molecule has 0 aromatic rings. The first-order valence-electron chi connectivity index (χ1n) is 5.17. The van der Waals surface area contributed by atoms with Gasteiger partial charge >= 0.3 is 0 Å². The molecule has 0 radical (unpaired) electrons. The summed E-state index contributed by atoms with van der Waals surface area (Å²) in [5.74, 6) is 1.08. The fraction of sp³-hybridized carbons (Fsp3) is 0.818. The zero-order valence-corrected chi connectivity index (χ0v) is 8.47. The lowest BCUT2D eigenvalue weighted by atomic mass is 9.85. The molecule has 2 nitrogen and oxygen atoms in total. The number of allylic oxidation sites excluding steroid dienone is 1. The summed E-state index contributed by atoms with van der Waals surface area (Å²) in [7, 11) is 0. The van der Waals surface area contributed by atoms with Gasteiger partial charge in [-0.15, -0.1) is 0 Å². The van der Waals surface area contributed by atoms with Crippen LogP contribution in [0.3, 0.4) is 0 Å². The van der Waals surface area contributed by atoms with Crippen LogP contribution in [-0.4, -0.2) is 16.8 Å². The molecule has 1 aliphatic heterocycles. The Morgan fingerprint density at radius 1 is 1.31 bits per heavy atom. The van der Waals surface area contributed by atoms with Crippen molar-refractivity contribution in [2.24, 2.45) is 0 Å². The molecule has 1 unspecified atom stereocenters.